The summed E-state index contributed by atoms with van der Waals surface area (Å²) < 4.78 is 5.92. The summed E-state index contributed by atoms with van der Waals surface area (Å²) >= 11 is 0. The van der Waals surface area contributed by atoms with Crippen molar-refractivity contribution < 1.29 is 9.84 Å². The molecule has 0 aliphatic carbocycles. The number of aliphatic hydroxyl groups is 1. The Morgan fingerprint density at radius 1 is 1.38 bits per heavy atom. The number of H-pyrrole nitrogens is 1. The van der Waals surface area contributed by atoms with E-state index in [1.165, 1.54) is 16.5 Å². The first-order valence-corrected chi connectivity index (χ1v) is 7.86. The number of benzene rings is 1. The number of nitrogens with zero attached hydrogens (tertiary/aromatic N) is 1. The molecule has 1 aromatic carbocycles. The molecule has 0 saturated carbocycles. The predicted octanol–water partition coefficient (Wildman–Crippen LogP) is 2.28. The van der Waals surface area contributed by atoms with Crippen molar-refractivity contribution in [2.45, 2.75) is 37.5 Å². The van der Waals surface area contributed by atoms with E-state index in [2.05, 4.69) is 34.1 Å². The predicted molar refractivity (Wildman–Crippen MR) is 82.1 cm³/mol. The second-order valence-electron chi connectivity index (χ2n) is 6.43. The van der Waals surface area contributed by atoms with Crippen LogP contribution >= 0.6 is 0 Å². The molecule has 2 saturated heterocycles. The standard InChI is InChI=1S/C17H22N2O2/c20-16-5-8-19(12-17(16)6-1-9-21-17)11-13-2-3-15-14(10-13)4-7-18-15/h2-4,7,10,16,18,20H,1,5-6,8-9,11-12H2/t16-,17-/m0/s1. The molecule has 0 amide bonds. The molecule has 21 heavy (non-hydrogen) atoms. The Kier molecular flexibility index (Phi) is 3.25. The van der Waals surface area contributed by atoms with Crippen LogP contribution in [0.5, 0.6) is 0 Å². The molecule has 3 heterocycles. The number of ether oxygens (including phenoxy) is 1. The average Bonchev–Trinajstić information content (AvgIpc) is 3.12. The lowest BCUT2D eigenvalue weighted by molar-refractivity contribution is -0.132. The largest absolute Gasteiger partial charge is 0.390 e. The van der Waals surface area contributed by atoms with Gasteiger partial charge in [-0.1, -0.05) is 6.07 Å². The van der Waals surface area contributed by atoms with Crippen molar-refractivity contribution in [3.63, 3.8) is 0 Å². The number of aliphatic hydroxyl groups excluding tert-OH is 1. The number of piperidine rings is 1. The van der Waals surface area contributed by atoms with Crippen molar-refractivity contribution in [1.29, 1.82) is 0 Å². The van der Waals surface area contributed by atoms with Gasteiger partial charge in [0.25, 0.3) is 0 Å². The molecule has 112 valence electrons. The Hall–Kier alpha value is -1.36. The molecule has 4 nitrogen and oxygen atoms in total. The summed E-state index contributed by atoms with van der Waals surface area (Å²) in [6.07, 6.45) is 4.55. The molecule has 2 N–H and O–H groups in total. The zero-order valence-corrected chi connectivity index (χ0v) is 12.2. The molecule has 0 bridgehead atoms. The summed E-state index contributed by atoms with van der Waals surface area (Å²) in [5.41, 5.74) is 2.20. The number of nitrogens with one attached hydrogen (secondary N) is 1. The minimum Gasteiger partial charge on any atom is -0.390 e. The highest BCUT2D eigenvalue weighted by molar-refractivity contribution is 5.79. The summed E-state index contributed by atoms with van der Waals surface area (Å²) in [5, 5.41) is 11.6. The second kappa shape index (κ2) is 5.13. The van der Waals surface area contributed by atoms with E-state index in [4.69, 9.17) is 4.74 Å². The molecule has 2 aliphatic rings. The number of fused-ring (bicyclic) bond motifs is 1. The second-order valence-corrected chi connectivity index (χ2v) is 6.43. The van der Waals surface area contributed by atoms with E-state index in [9.17, 15) is 5.11 Å². The highest BCUT2D eigenvalue weighted by Gasteiger charge is 2.45. The van der Waals surface area contributed by atoms with Gasteiger partial charge in [-0.25, -0.2) is 0 Å². The van der Waals surface area contributed by atoms with Gasteiger partial charge in [0, 0.05) is 38.0 Å². The molecule has 2 aliphatic heterocycles. The van der Waals surface area contributed by atoms with Gasteiger partial charge in [-0.15, -0.1) is 0 Å². The summed E-state index contributed by atoms with van der Waals surface area (Å²) in [6, 6.07) is 8.69. The van der Waals surface area contributed by atoms with Crippen molar-refractivity contribution in [3.05, 3.63) is 36.0 Å². The number of rotatable bonds is 2. The topological polar surface area (TPSA) is 48.5 Å². The van der Waals surface area contributed by atoms with Crippen LogP contribution in [0.15, 0.2) is 30.5 Å². The highest BCUT2D eigenvalue weighted by Crippen LogP contribution is 2.35. The van der Waals surface area contributed by atoms with Crippen LogP contribution in [-0.2, 0) is 11.3 Å². The van der Waals surface area contributed by atoms with E-state index in [0.717, 1.165) is 45.5 Å². The maximum atomic E-state index is 10.3. The first-order chi connectivity index (χ1) is 10.3. The van der Waals surface area contributed by atoms with Crippen molar-refractivity contribution in [2.75, 3.05) is 19.7 Å². The van der Waals surface area contributed by atoms with Gasteiger partial charge in [0.1, 0.15) is 5.60 Å². The van der Waals surface area contributed by atoms with E-state index in [-0.39, 0.29) is 11.7 Å². The van der Waals surface area contributed by atoms with Gasteiger partial charge in [-0.2, -0.15) is 0 Å². The Labute approximate surface area is 124 Å². The van der Waals surface area contributed by atoms with E-state index < -0.39 is 0 Å². The summed E-state index contributed by atoms with van der Waals surface area (Å²) in [5.74, 6) is 0. The molecule has 2 aromatic rings. The molecule has 2 fully saturated rings. The molecule has 1 spiro atoms. The van der Waals surface area contributed by atoms with Crippen LogP contribution in [0.4, 0.5) is 0 Å². The monoisotopic (exact) mass is 286 g/mol. The van der Waals surface area contributed by atoms with Crippen LogP contribution in [0.25, 0.3) is 10.9 Å². The normalized spacial score (nSPS) is 30.4. The van der Waals surface area contributed by atoms with Crippen LogP contribution in [0.3, 0.4) is 0 Å². The quantitative estimate of drug-likeness (QED) is 0.890. The third kappa shape index (κ3) is 2.37. The molecule has 4 rings (SSSR count). The summed E-state index contributed by atoms with van der Waals surface area (Å²) in [6.45, 7) is 3.51. The van der Waals surface area contributed by atoms with Gasteiger partial charge in [0.15, 0.2) is 0 Å². The fraction of sp³-hybridized carbons (Fsp3) is 0.529. The Bertz CT molecular complexity index is 631. The lowest BCUT2D eigenvalue weighted by Crippen LogP contribution is -2.56. The van der Waals surface area contributed by atoms with Crippen LogP contribution in [-0.4, -0.2) is 46.4 Å². The third-order valence-corrected chi connectivity index (χ3v) is 4.97. The third-order valence-electron chi connectivity index (χ3n) is 4.97. The molecule has 2 atom stereocenters. The zero-order valence-electron chi connectivity index (χ0n) is 12.2. The maximum Gasteiger partial charge on any atom is 0.107 e. The Balaban J connectivity index is 1.51. The lowest BCUT2D eigenvalue weighted by atomic mass is 9.87. The fourth-order valence-electron chi connectivity index (χ4n) is 3.83. The highest BCUT2D eigenvalue weighted by atomic mass is 16.5. The molecule has 4 heteroatoms. The van der Waals surface area contributed by atoms with E-state index in [1.807, 2.05) is 6.20 Å². The van der Waals surface area contributed by atoms with Gasteiger partial charge >= 0.3 is 0 Å². The lowest BCUT2D eigenvalue weighted by Gasteiger charge is -2.43. The number of hydrogen-bond donors (Lipinski definition) is 2. The van der Waals surface area contributed by atoms with E-state index in [0.29, 0.717) is 0 Å². The van der Waals surface area contributed by atoms with Gasteiger partial charge in [0.2, 0.25) is 0 Å². The molecular formula is C17H22N2O2. The smallest absolute Gasteiger partial charge is 0.107 e. The van der Waals surface area contributed by atoms with E-state index >= 15 is 0 Å². The van der Waals surface area contributed by atoms with Crippen LogP contribution in [0.1, 0.15) is 24.8 Å². The Morgan fingerprint density at radius 3 is 3.19 bits per heavy atom. The molecule has 1 aromatic heterocycles. The van der Waals surface area contributed by atoms with Crippen LogP contribution < -0.4 is 0 Å². The van der Waals surface area contributed by atoms with Gasteiger partial charge in [0.05, 0.1) is 6.10 Å². The number of aromatic nitrogens is 1. The van der Waals surface area contributed by atoms with Crippen molar-refractivity contribution >= 4 is 10.9 Å². The van der Waals surface area contributed by atoms with Crippen molar-refractivity contribution in [3.8, 4) is 0 Å². The van der Waals surface area contributed by atoms with Crippen LogP contribution in [0, 0.1) is 0 Å². The fourth-order valence-corrected chi connectivity index (χ4v) is 3.83. The number of hydrogen-bond acceptors (Lipinski definition) is 3. The maximum absolute atomic E-state index is 10.3. The van der Waals surface area contributed by atoms with Gasteiger partial charge in [-0.05, 0) is 48.4 Å². The first-order valence-electron chi connectivity index (χ1n) is 7.86. The molecule has 0 unspecified atom stereocenters. The average molecular weight is 286 g/mol. The minimum absolute atomic E-state index is 0.302. The summed E-state index contributed by atoms with van der Waals surface area (Å²) in [7, 11) is 0. The van der Waals surface area contributed by atoms with Gasteiger partial charge in [-0.3, -0.25) is 4.90 Å². The SMILES string of the molecule is O[C@H]1CCN(Cc2ccc3[nH]ccc3c2)C[C@@]12CCCO2. The molecule has 0 radical (unpaired) electrons. The number of likely N-dealkylation sites (tertiary alicyclic amines) is 1. The van der Waals surface area contributed by atoms with E-state index in [1.54, 1.807) is 0 Å². The first kappa shape index (κ1) is 13.3. The van der Waals surface area contributed by atoms with Gasteiger partial charge < -0.3 is 14.8 Å². The van der Waals surface area contributed by atoms with Crippen molar-refractivity contribution in [2.24, 2.45) is 0 Å². The van der Waals surface area contributed by atoms with Crippen molar-refractivity contribution in [1.82, 2.24) is 9.88 Å². The molecular weight excluding hydrogens is 264 g/mol. The Morgan fingerprint density at radius 2 is 2.33 bits per heavy atom. The minimum atomic E-state index is -0.309. The summed E-state index contributed by atoms with van der Waals surface area (Å²) in [4.78, 5) is 5.65. The zero-order chi connectivity index (χ0) is 14.3. The van der Waals surface area contributed by atoms with Crippen LogP contribution in [0.2, 0.25) is 0 Å². The number of aromatic amines is 1.